The Kier molecular flexibility index (Phi) is 8.62. The quantitative estimate of drug-likeness (QED) is 0.367. The lowest BCUT2D eigenvalue weighted by Crippen LogP contribution is -2.40. The summed E-state index contributed by atoms with van der Waals surface area (Å²) in [5, 5.41) is 1.57. The van der Waals surface area contributed by atoms with E-state index >= 15 is 0 Å². The van der Waals surface area contributed by atoms with Gasteiger partial charge in [0.2, 0.25) is 5.91 Å². The summed E-state index contributed by atoms with van der Waals surface area (Å²) in [5.74, 6) is 0.0463. The summed E-state index contributed by atoms with van der Waals surface area (Å²) >= 11 is 0. The number of nitrogens with zero attached hydrogens (tertiary/aromatic N) is 1. The predicted molar refractivity (Wildman–Crippen MR) is 86.0 cm³/mol. The lowest BCUT2D eigenvalue weighted by Gasteiger charge is -2.36. The van der Waals surface area contributed by atoms with Crippen LogP contribution < -0.4 is 0 Å². The molecule has 0 aromatic heterocycles. The van der Waals surface area contributed by atoms with Crippen molar-refractivity contribution in [3.8, 4) is 0 Å². The van der Waals surface area contributed by atoms with Crippen molar-refractivity contribution in [3.63, 3.8) is 0 Å². The summed E-state index contributed by atoms with van der Waals surface area (Å²) in [4.78, 5) is 16.3. The van der Waals surface area contributed by atoms with Crippen molar-refractivity contribution >= 4 is 14.2 Å². The van der Waals surface area contributed by atoms with Crippen LogP contribution >= 0.6 is 0 Å². The van der Waals surface area contributed by atoms with Gasteiger partial charge in [0.1, 0.15) is 0 Å². The van der Waals surface area contributed by atoms with Crippen molar-refractivity contribution in [3.05, 3.63) is 0 Å². The van der Waals surface area contributed by atoms with Crippen molar-refractivity contribution in [2.75, 3.05) is 20.8 Å². The monoisotopic (exact) mass is 303 g/mol. The van der Waals surface area contributed by atoms with Crippen molar-refractivity contribution in [1.29, 1.82) is 0 Å². The van der Waals surface area contributed by atoms with Crippen molar-refractivity contribution < 1.29 is 14.1 Å². The molecule has 20 heavy (non-hydrogen) atoms. The first-order valence-corrected chi connectivity index (χ1v) is 10.5. The van der Waals surface area contributed by atoms with Crippen LogP contribution in [0.1, 0.15) is 52.9 Å². The highest BCUT2D eigenvalue weighted by Gasteiger charge is 2.36. The van der Waals surface area contributed by atoms with E-state index < -0.39 is 8.32 Å². The largest absolute Gasteiger partial charge is 0.417 e. The van der Waals surface area contributed by atoms with Crippen molar-refractivity contribution in [1.82, 2.24) is 5.06 Å². The molecule has 0 rings (SSSR count). The van der Waals surface area contributed by atoms with Crippen LogP contribution in [0, 0.1) is 0 Å². The van der Waals surface area contributed by atoms with Crippen LogP contribution in [0.15, 0.2) is 0 Å². The van der Waals surface area contributed by atoms with E-state index in [4.69, 9.17) is 9.26 Å². The summed E-state index contributed by atoms with van der Waals surface area (Å²) < 4.78 is 6.12. The molecule has 0 saturated heterocycles. The van der Waals surface area contributed by atoms with Gasteiger partial charge in [0.25, 0.3) is 0 Å². The fourth-order valence-electron chi connectivity index (χ4n) is 1.53. The van der Waals surface area contributed by atoms with Crippen molar-refractivity contribution in [2.24, 2.45) is 0 Å². The van der Waals surface area contributed by atoms with Gasteiger partial charge in [-0.05, 0) is 31.0 Å². The Balaban J connectivity index is 3.62. The van der Waals surface area contributed by atoms with Crippen LogP contribution in [-0.2, 0) is 14.1 Å². The second kappa shape index (κ2) is 8.80. The van der Waals surface area contributed by atoms with Gasteiger partial charge in [0, 0.05) is 20.1 Å². The first kappa shape index (κ1) is 19.6. The molecule has 0 aromatic rings. The number of carbonyl (C=O) groups excluding carboxylic acids is 1. The molecular weight excluding hydrogens is 270 g/mol. The van der Waals surface area contributed by atoms with Crippen LogP contribution in [0.3, 0.4) is 0 Å². The van der Waals surface area contributed by atoms with Crippen LogP contribution in [0.25, 0.3) is 0 Å². The van der Waals surface area contributed by atoms with Gasteiger partial charge in [0.15, 0.2) is 8.32 Å². The average molecular weight is 304 g/mol. The molecule has 0 fully saturated rings. The topological polar surface area (TPSA) is 38.8 Å². The maximum Gasteiger partial charge on any atom is 0.245 e. The molecule has 0 spiro atoms. The number of amides is 1. The van der Waals surface area contributed by atoms with Crippen LogP contribution in [-0.4, -0.2) is 40.1 Å². The zero-order chi connectivity index (χ0) is 15.8. The van der Waals surface area contributed by atoms with E-state index in [9.17, 15) is 4.79 Å². The van der Waals surface area contributed by atoms with E-state index in [1.54, 1.807) is 7.05 Å². The third kappa shape index (κ3) is 7.41. The van der Waals surface area contributed by atoms with E-state index in [1.807, 2.05) is 0 Å². The number of hydrogen-bond donors (Lipinski definition) is 0. The molecule has 1 amide bonds. The zero-order valence-electron chi connectivity index (χ0n) is 14.4. The van der Waals surface area contributed by atoms with Crippen molar-refractivity contribution in [2.45, 2.75) is 71.0 Å². The summed E-state index contributed by atoms with van der Waals surface area (Å²) in [6.45, 7) is 12.2. The Bertz CT molecular complexity index is 287. The minimum atomic E-state index is -1.59. The standard InChI is InChI=1S/C15H33NO3Si/c1-15(2,3)20(6,7)19-13-11-9-8-10-12-14(17)16(4)18-5/h8-13H2,1-7H3. The van der Waals surface area contributed by atoms with Gasteiger partial charge in [0.05, 0.1) is 7.11 Å². The van der Waals surface area contributed by atoms with Gasteiger partial charge in [-0.15, -0.1) is 0 Å². The lowest BCUT2D eigenvalue weighted by atomic mass is 10.1. The smallest absolute Gasteiger partial charge is 0.245 e. The fourth-order valence-corrected chi connectivity index (χ4v) is 2.62. The molecule has 0 bridgehead atoms. The third-order valence-corrected chi connectivity index (χ3v) is 8.72. The molecule has 4 nitrogen and oxygen atoms in total. The number of hydrogen-bond acceptors (Lipinski definition) is 3. The lowest BCUT2D eigenvalue weighted by molar-refractivity contribution is -0.168. The maximum absolute atomic E-state index is 11.5. The first-order valence-electron chi connectivity index (χ1n) is 7.56. The summed E-state index contributed by atoms with van der Waals surface area (Å²) in [6.07, 6.45) is 4.77. The number of hydroxylamine groups is 2. The molecule has 0 aromatic carbocycles. The zero-order valence-corrected chi connectivity index (χ0v) is 15.4. The van der Waals surface area contributed by atoms with Crippen LogP contribution in [0.2, 0.25) is 18.1 Å². The molecular formula is C15H33NO3Si. The normalized spacial score (nSPS) is 12.6. The third-order valence-electron chi connectivity index (χ3n) is 4.18. The van der Waals surface area contributed by atoms with Gasteiger partial charge in [-0.3, -0.25) is 9.63 Å². The first-order chi connectivity index (χ1) is 9.12. The fraction of sp³-hybridized carbons (Fsp3) is 0.933. The highest BCUT2D eigenvalue weighted by Crippen LogP contribution is 2.36. The maximum atomic E-state index is 11.5. The van der Waals surface area contributed by atoms with Gasteiger partial charge < -0.3 is 4.43 Å². The number of unbranched alkanes of at least 4 members (excludes halogenated alkanes) is 3. The Morgan fingerprint density at radius 1 is 1.10 bits per heavy atom. The molecule has 0 aliphatic heterocycles. The van der Waals surface area contributed by atoms with Gasteiger partial charge >= 0.3 is 0 Å². The molecule has 120 valence electrons. The second-order valence-electron chi connectivity index (χ2n) is 6.85. The van der Waals surface area contributed by atoms with E-state index in [-0.39, 0.29) is 10.9 Å². The predicted octanol–water partition coefficient (Wildman–Crippen LogP) is 3.98. The molecule has 0 saturated carbocycles. The Morgan fingerprint density at radius 2 is 1.65 bits per heavy atom. The van der Waals surface area contributed by atoms with Gasteiger partial charge in [-0.2, -0.15) is 0 Å². The van der Waals surface area contributed by atoms with Gasteiger partial charge in [-0.1, -0.05) is 33.6 Å². The van der Waals surface area contributed by atoms with E-state index in [0.29, 0.717) is 6.42 Å². The molecule has 0 aliphatic rings. The molecule has 0 radical (unpaired) electrons. The van der Waals surface area contributed by atoms with Crippen LogP contribution in [0.5, 0.6) is 0 Å². The minimum Gasteiger partial charge on any atom is -0.417 e. The SMILES string of the molecule is CON(C)C(=O)CCCCCCO[Si](C)(C)C(C)(C)C. The Labute approximate surface area is 125 Å². The van der Waals surface area contributed by atoms with E-state index in [0.717, 1.165) is 32.3 Å². The molecule has 5 heteroatoms. The Morgan fingerprint density at radius 3 is 2.15 bits per heavy atom. The second-order valence-corrected chi connectivity index (χ2v) is 11.7. The van der Waals surface area contributed by atoms with Crippen LogP contribution in [0.4, 0.5) is 0 Å². The summed E-state index contributed by atoms with van der Waals surface area (Å²) in [5.41, 5.74) is 0. The summed E-state index contributed by atoms with van der Waals surface area (Å²) in [6, 6.07) is 0. The van der Waals surface area contributed by atoms with E-state index in [1.165, 1.54) is 12.2 Å². The number of rotatable bonds is 9. The summed E-state index contributed by atoms with van der Waals surface area (Å²) in [7, 11) is 1.57. The number of carbonyl (C=O) groups is 1. The molecule has 0 unspecified atom stereocenters. The molecule has 0 aliphatic carbocycles. The molecule has 0 heterocycles. The Hall–Kier alpha value is -0.393. The molecule has 0 N–H and O–H groups in total. The van der Waals surface area contributed by atoms with E-state index in [2.05, 4.69) is 33.9 Å². The minimum absolute atomic E-state index is 0.0463. The highest BCUT2D eigenvalue weighted by molar-refractivity contribution is 6.74. The highest BCUT2D eigenvalue weighted by atomic mass is 28.4. The molecule has 0 atom stereocenters. The average Bonchev–Trinajstić information content (AvgIpc) is 2.34. The van der Waals surface area contributed by atoms with Gasteiger partial charge in [-0.25, -0.2) is 5.06 Å².